The number of hydrogen-bond donors (Lipinski definition) is 1. The van der Waals surface area contributed by atoms with Gasteiger partial charge in [0.1, 0.15) is 9.88 Å². The molecular weight excluding hydrogens is 284 g/mol. The number of nitrogens with two attached hydrogens (primary N) is 1. The van der Waals surface area contributed by atoms with Gasteiger partial charge in [-0.1, -0.05) is 12.5 Å². The Labute approximate surface area is 127 Å². The lowest BCUT2D eigenvalue weighted by molar-refractivity contribution is 0.100. The van der Waals surface area contributed by atoms with Crippen LogP contribution in [0.15, 0.2) is 30.7 Å². The first-order chi connectivity index (χ1) is 10.2. The molecule has 0 aromatic carbocycles. The maximum atomic E-state index is 11.2. The fourth-order valence-corrected chi connectivity index (χ4v) is 3.68. The van der Waals surface area contributed by atoms with E-state index in [4.69, 9.17) is 5.73 Å². The zero-order valence-electron chi connectivity index (χ0n) is 11.7. The van der Waals surface area contributed by atoms with E-state index >= 15 is 0 Å². The first kappa shape index (κ1) is 14.2. The van der Waals surface area contributed by atoms with E-state index in [0.29, 0.717) is 4.88 Å². The van der Waals surface area contributed by atoms with Gasteiger partial charge in [-0.2, -0.15) is 0 Å². The molecule has 5 nitrogen and oxygen atoms in total. The average Bonchev–Trinajstić information content (AvgIpc) is 2.99. The van der Waals surface area contributed by atoms with E-state index in [1.165, 1.54) is 29.7 Å². The molecule has 1 aliphatic heterocycles. The number of carbonyl (C=O) groups excluding carboxylic acids is 1. The fraction of sp³-hybridized carbons (Fsp3) is 0.400. The molecule has 1 aliphatic rings. The Kier molecular flexibility index (Phi) is 4.26. The van der Waals surface area contributed by atoms with Crippen molar-refractivity contribution in [1.82, 2.24) is 14.9 Å². The summed E-state index contributed by atoms with van der Waals surface area (Å²) in [6.45, 7) is 1.91. The lowest BCUT2D eigenvalue weighted by Crippen LogP contribution is -2.32. The Morgan fingerprint density at radius 2 is 2.33 bits per heavy atom. The molecule has 21 heavy (non-hydrogen) atoms. The molecule has 2 aromatic rings. The molecule has 3 heterocycles. The highest BCUT2D eigenvalue weighted by molar-refractivity contribution is 7.13. The Bertz CT molecular complexity index is 613. The van der Waals surface area contributed by atoms with Crippen LogP contribution >= 0.6 is 11.3 Å². The Balaban J connectivity index is 1.79. The molecule has 0 radical (unpaired) electrons. The maximum absolute atomic E-state index is 11.2. The predicted octanol–water partition coefficient (Wildman–Crippen LogP) is 2.36. The summed E-state index contributed by atoms with van der Waals surface area (Å²) in [6.07, 6.45) is 8.76. The molecule has 0 saturated carbocycles. The van der Waals surface area contributed by atoms with Crippen LogP contribution in [0.25, 0.3) is 0 Å². The Morgan fingerprint density at radius 3 is 3.05 bits per heavy atom. The second kappa shape index (κ2) is 6.32. The molecule has 1 saturated heterocycles. The van der Waals surface area contributed by atoms with E-state index in [2.05, 4.69) is 20.9 Å². The number of carbonyl (C=O) groups is 1. The molecule has 2 aromatic heterocycles. The van der Waals surface area contributed by atoms with Crippen molar-refractivity contribution in [2.75, 3.05) is 6.54 Å². The molecule has 1 atom stereocenters. The van der Waals surface area contributed by atoms with Crippen molar-refractivity contribution in [2.24, 2.45) is 5.73 Å². The van der Waals surface area contributed by atoms with Gasteiger partial charge in [-0.05, 0) is 31.0 Å². The minimum Gasteiger partial charge on any atom is -0.365 e. The van der Waals surface area contributed by atoms with Crippen LogP contribution in [0.1, 0.15) is 45.5 Å². The number of thiazole rings is 1. The van der Waals surface area contributed by atoms with Crippen molar-refractivity contribution in [3.63, 3.8) is 0 Å². The Morgan fingerprint density at radius 1 is 1.43 bits per heavy atom. The molecular formula is C15H18N4OS. The van der Waals surface area contributed by atoms with Crippen molar-refractivity contribution < 1.29 is 4.79 Å². The minimum atomic E-state index is -0.395. The monoisotopic (exact) mass is 302 g/mol. The van der Waals surface area contributed by atoms with E-state index in [-0.39, 0.29) is 6.04 Å². The van der Waals surface area contributed by atoms with Gasteiger partial charge in [0.25, 0.3) is 5.91 Å². The van der Waals surface area contributed by atoms with Crippen LogP contribution in [0, 0.1) is 0 Å². The van der Waals surface area contributed by atoms with Gasteiger partial charge >= 0.3 is 0 Å². The summed E-state index contributed by atoms with van der Waals surface area (Å²) in [6, 6.07) is 4.33. The molecule has 0 aliphatic carbocycles. The molecule has 0 bridgehead atoms. The van der Waals surface area contributed by atoms with Gasteiger partial charge in [-0.25, -0.2) is 4.98 Å². The third-order valence-corrected chi connectivity index (χ3v) is 4.89. The van der Waals surface area contributed by atoms with Gasteiger partial charge in [0.05, 0.1) is 12.2 Å². The van der Waals surface area contributed by atoms with Crippen molar-refractivity contribution in [2.45, 2.75) is 31.8 Å². The normalized spacial score (nSPS) is 19.5. The highest BCUT2D eigenvalue weighted by Gasteiger charge is 2.27. The number of piperidine rings is 1. The highest BCUT2D eigenvalue weighted by Crippen LogP contribution is 2.34. The van der Waals surface area contributed by atoms with Crippen LogP contribution in [-0.4, -0.2) is 27.3 Å². The number of likely N-dealkylation sites (tertiary alicyclic amines) is 1. The van der Waals surface area contributed by atoms with Crippen molar-refractivity contribution in [1.29, 1.82) is 0 Å². The van der Waals surface area contributed by atoms with Crippen LogP contribution in [-0.2, 0) is 6.54 Å². The maximum Gasteiger partial charge on any atom is 0.260 e. The number of rotatable bonds is 4. The van der Waals surface area contributed by atoms with Gasteiger partial charge < -0.3 is 5.73 Å². The number of pyridine rings is 1. The van der Waals surface area contributed by atoms with Gasteiger partial charge in [-0.15, -0.1) is 11.3 Å². The topological polar surface area (TPSA) is 72.1 Å². The molecule has 1 fully saturated rings. The van der Waals surface area contributed by atoms with Crippen molar-refractivity contribution in [3.8, 4) is 0 Å². The lowest BCUT2D eigenvalue weighted by atomic mass is 10.0. The van der Waals surface area contributed by atoms with Crippen LogP contribution in [0.4, 0.5) is 0 Å². The number of aromatic nitrogens is 2. The van der Waals surface area contributed by atoms with Crippen LogP contribution in [0.2, 0.25) is 0 Å². The summed E-state index contributed by atoms with van der Waals surface area (Å²) < 4.78 is 0. The molecule has 0 spiro atoms. The van der Waals surface area contributed by atoms with E-state index in [9.17, 15) is 4.79 Å². The summed E-state index contributed by atoms with van der Waals surface area (Å²) >= 11 is 1.42. The number of nitrogens with zero attached hydrogens (tertiary/aromatic N) is 3. The molecule has 0 unspecified atom stereocenters. The SMILES string of the molecule is NC(=O)c1cnc([C@@H]2CCCCN2Cc2cccnc2)s1. The van der Waals surface area contributed by atoms with Crippen LogP contribution in [0.5, 0.6) is 0 Å². The lowest BCUT2D eigenvalue weighted by Gasteiger charge is -2.34. The van der Waals surface area contributed by atoms with E-state index in [1.54, 1.807) is 12.4 Å². The number of primary amides is 1. The molecule has 2 N–H and O–H groups in total. The van der Waals surface area contributed by atoms with Gasteiger partial charge in [0.2, 0.25) is 0 Å². The van der Waals surface area contributed by atoms with E-state index < -0.39 is 5.91 Å². The number of amides is 1. The molecule has 3 rings (SSSR count). The summed E-state index contributed by atoms with van der Waals surface area (Å²) in [5.41, 5.74) is 6.53. The van der Waals surface area contributed by atoms with Crippen LogP contribution in [0.3, 0.4) is 0 Å². The standard InChI is InChI=1S/C15H18N4OS/c16-14(20)13-9-18-15(21-13)12-5-1-2-7-19(12)10-11-4-3-6-17-8-11/h3-4,6,8-9,12H,1-2,5,7,10H2,(H2,16,20)/t12-/m0/s1. The third-order valence-electron chi connectivity index (χ3n) is 3.77. The third kappa shape index (κ3) is 3.28. The van der Waals surface area contributed by atoms with Gasteiger partial charge in [0.15, 0.2) is 0 Å². The first-order valence-corrected chi connectivity index (χ1v) is 7.94. The first-order valence-electron chi connectivity index (χ1n) is 7.12. The zero-order chi connectivity index (χ0) is 14.7. The smallest absolute Gasteiger partial charge is 0.260 e. The highest BCUT2D eigenvalue weighted by atomic mass is 32.1. The second-order valence-corrected chi connectivity index (χ2v) is 6.33. The summed E-state index contributed by atoms with van der Waals surface area (Å²) in [5, 5.41) is 0.993. The summed E-state index contributed by atoms with van der Waals surface area (Å²) in [7, 11) is 0. The average molecular weight is 302 g/mol. The van der Waals surface area contributed by atoms with Crippen molar-refractivity contribution in [3.05, 3.63) is 46.2 Å². The summed E-state index contributed by atoms with van der Waals surface area (Å²) in [5.74, 6) is -0.395. The van der Waals surface area contributed by atoms with Gasteiger partial charge in [-0.3, -0.25) is 14.7 Å². The molecule has 6 heteroatoms. The van der Waals surface area contributed by atoms with E-state index in [1.807, 2.05) is 12.3 Å². The van der Waals surface area contributed by atoms with E-state index in [0.717, 1.165) is 24.5 Å². The predicted molar refractivity (Wildman–Crippen MR) is 81.9 cm³/mol. The quantitative estimate of drug-likeness (QED) is 0.941. The molecule has 1 amide bonds. The largest absolute Gasteiger partial charge is 0.365 e. The fourth-order valence-electron chi connectivity index (χ4n) is 2.74. The summed E-state index contributed by atoms with van der Waals surface area (Å²) in [4.78, 5) is 22.8. The second-order valence-electron chi connectivity index (χ2n) is 5.27. The Hall–Kier alpha value is -1.79. The zero-order valence-corrected chi connectivity index (χ0v) is 12.6. The minimum absolute atomic E-state index is 0.275. The van der Waals surface area contributed by atoms with Crippen molar-refractivity contribution >= 4 is 17.2 Å². The van der Waals surface area contributed by atoms with Crippen LogP contribution < -0.4 is 5.73 Å². The molecule has 110 valence electrons. The number of hydrogen-bond acceptors (Lipinski definition) is 5. The van der Waals surface area contributed by atoms with Gasteiger partial charge in [0, 0.05) is 18.9 Å².